The zero-order chi connectivity index (χ0) is 14.3. The number of halogens is 2. The Labute approximate surface area is 120 Å². The van der Waals surface area contributed by atoms with Crippen molar-refractivity contribution in [2.75, 3.05) is 0 Å². The van der Waals surface area contributed by atoms with Gasteiger partial charge in [-0.15, -0.1) is 0 Å². The Bertz CT molecular complexity index is 779. The third-order valence-corrected chi connectivity index (χ3v) is 3.52. The average molecular weight is 291 g/mol. The maximum atomic E-state index is 13.8. The number of benzene rings is 2. The van der Waals surface area contributed by atoms with Gasteiger partial charge in [0.25, 0.3) is 0 Å². The van der Waals surface area contributed by atoms with Gasteiger partial charge >= 0.3 is 0 Å². The molecule has 0 fully saturated rings. The second kappa shape index (κ2) is 4.93. The minimum atomic E-state index is -1.18. The number of aryl methyl sites for hydroxylation is 1. The Morgan fingerprint density at radius 3 is 2.75 bits per heavy atom. The molecule has 1 atom stereocenters. The van der Waals surface area contributed by atoms with Crippen LogP contribution >= 0.6 is 11.6 Å². The second-order valence-electron chi connectivity index (χ2n) is 4.71. The van der Waals surface area contributed by atoms with E-state index in [1.54, 1.807) is 6.07 Å². The fraction of sp³-hybridized carbons (Fsp3) is 0.125. The van der Waals surface area contributed by atoms with E-state index < -0.39 is 11.9 Å². The summed E-state index contributed by atoms with van der Waals surface area (Å²) in [6.07, 6.45) is -1.18. The molecule has 102 valence electrons. The first kappa shape index (κ1) is 13.2. The number of furan rings is 1. The molecule has 0 spiro atoms. The highest BCUT2D eigenvalue weighted by atomic mass is 35.5. The Balaban J connectivity index is 2.10. The molecule has 1 N–H and O–H groups in total. The van der Waals surface area contributed by atoms with Crippen LogP contribution < -0.4 is 0 Å². The maximum absolute atomic E-state index is 13.8. The SMILES string of the molecule is Cc1cccc2cc(C(O)c3cc(Cl)ccc3F)oc12. The molecule has 0 amide bonds. The van der Waals surface area contributed by atoms with E-state index >= 15 is 0 Å². The molecule has 0 bridgehead atoms. The van der Waals surface area contributed by atoms with Crippen LogP contribution in [0.4, 0.5) is 4.39 Å². The van der Waals surface area contributed by atoms with Gasteiger partial charge < -0.3 is 9.52 Å². The van der Waals surface area contributed by atoms with Crippen LogP contribution in [-0.4, -0.2) is 5.11 Å². The zero-order valence-electron chi connectivity index (χ0n) is 10.7. The second-order valence-corrected chi connectivity index (χ2v) is 5.15. The highest BCUT2D eigenvalue weighted by Crippen LogP contribution is 2.31. The number of aliphatic hydroxyl groups excluding tert-OH is 1. The summed E-state index contributed by atoms with van der Waals surface area (Å²) in [7, 11) is 0. The normalized spacial score (nSPS) is 12.8. The minimum Gasteiger partial charge on any atom is -0.458 e. The summed E-state index contributed by atoms with van der Waals surface area (Å²) in [6, 6.07) is 11.5. The first-order valence-electron chi connectivity index (χ1n) is 6.18. The zero-order valence-corrected chi connectivity index (χ0v) is 11.5. The third kappa shape index (κ3) is 2.19. The van der Waals surface area contributed by atoms with Gasteiger partial charge in [0.2, 0.25) is 0 Å². The van der Waals surface area contributed by atoms with Crippen LogP contribution in [0.1, 0.15) is 23.0 Å². The monoisotopic (exact) mass is 290 g/mol. The van der Waals surface area contributed by atoms with Crippen molar-refractivity contribution in [1.82, 2.24) is 0 Å². The van der Waals surface area contributed by atoms with Crippen LogP contribution in [0.25, 0.3) is 11.0 Å². The van der Waals surface area contributed by atoms with Gasteiger partial charge in [0, 0.05) is 16.0 Å². The molecule has 2 aromatic carbocycles. The van der Waals surface area contributed by atoms with Gasteiger partial charge in [-0.05, 0) is 36.8 Å². The van der Waals surface area contributed by atoms with E-state index in [0.29, 0.717) is 16.4 Å². The van der Waals surface area contributed by atoms with Gasteiger partial charge in [-0.2, -0.15) is 0 Å². The number of aliphatic hydroxyl groups is 1. The fourth-order valence-corrected chi connectivity index (χ4v) is 2.42. The quantitative estimate of drug-likeness (QED) is 0.747. The summed E-state index contributed by atoms with van der Waals surface area (Å²) < 4.78 is 19.4. The molecule has 2 nitrogen and oxygen atoms in total. The summed E-state index contributed by atoms with van der Waals surface area (Å²) in [5, 5.41) is 11.5. The topological polar surface area (TPSA) is 33.4 Å². The standard InChI is InChI=1S/C16H12ClFO2/c1-9-3-2-4-10-7-14(20-16(9)10)15(19)12-8-11(17)5-6-13(12)18/h2-8,15,19H,1H3. The molecule has 0 aliphatic rings. The summed E-state index contributed by atoms with van der Waals surface area (Å²) in [5.41, 5.74) is 1.77. The van der Waals surface area contributed by atoms with Crippen LogP contribution in [0, 0.1) is 12.7 Å². The maximum Gasteiger partial charge on any atom is 0.140 e. The molecule has 4 heteroatoms. The fourth-order valence-electron chi connectivity index (χ4n) is 2.24. The first-order valence-corrected chi connectivity index (χ1v) is 6.56. The van der Waals surface area contributed by atoms with Crippen molar-refractivity contribution in [1.29, 1.82) is 0 Å². The number of hydrogen-bond acceptors (Lipinski definition) is 2. The number of rotatable bonds is 2. The van der Waals surface area contributed by atoms with E-state index in [-0.39, 0.29) is 5.56 Å². The Morgan fingerprint density at radius 2 is 2.00 bits per heavy atom. The Kier molecular flexibility index (Phi) is 3.24. The predicted molar refractivity (Wildman–Crippen MR) is 76.4 cm³/mol. The molecule has 3 rings (SSSR count). The smallest absolute Gasteiger partial charge is 0.140 e. The van der Waals surface area contributed by atoms with Crippen LogP contribution in [-0.2, 0) is 0 Å². The highest BCUT2D eigenvalue weighted by Gasteiger charge is 2.20. The van der Waals surface area contributed by atoms with Crippen molar-refractivity contribution in [3.05, 3.63) is 70.2 Å². The molecule has 0 radical (unpaired) electrons. The summed E-state index contributed by atoms with van der Waals surface area (Å²) in [6.45, 7) is 1.92. The molecule has 0 aliphatic heterocycles. The molecular weight excluding hydrogens is 279 g/mol. The van der Waals surface area contributed by atoms with Crippen LogP contribution in [0.5, 0.6) is 0 Å². The molecule has 1 unspecified atom stereocenters. The number of fused-ring (bicyclic) bond motifs is 1. The number of hydrogen-bond donors (Lipinski definition) is 1. The molecular formula is C16H12ClFO2. The molecule has 1 aromatic heterocycles. The van der Waals surface area contributed by atoms with Gasteiger partial charge in [0.15, 0.2) is 0 Å². The van der Waals surface area contributed by atoms with Crippen LogP contribution in [0.3, 0.4) is 0 Å². The molecule has 0 aliphatic carbocycles. The van der Waals surface area contributed by atoms with Gasteiger partial charge in [-0.3, -0.25) is 0 Å². The Morgan fingerprint density at radius 1 is 1.20 bits per heavy atom. The van der Waals surface area contributed by atoms with E-state index in [4.69, 9.17) is 16.0 Å². The number of para-hydroxylation sites is 1. The first-order chi connectivity index (χ1) is 9.56. The lowest BCUT2D eigenvalue weighted by Crippen LogP contribution is -2.01. The van der Waals surface area contributed by atoms with Crippen molar-refractivity contribution in [2.24, 2.45) is 0 Å². The largest absolute Gasteiger partial charge is 0.458 e. The van der Waals surface area contributed by atoms with Crippen molar-refractivity contribution < 1.29 is 13.9 Å². The van der Waals surface area contributed by atoms with Crippen molar-refractivity contribution >= 4 is 22.6 Å². The van der Waals surface area contributed by atoms with Crippen molar-refractivity contribution in [3.63, 3.8) is 0 Å². The van der Waals surface area contributed by atoms with E-state index in [1.807, 2.05) is 25.1 Å². The molecule has 0 saturated heterocycles. The van der Waals surface area contributed by atoms with E-state index in [0.717, 1.165) is 10.9 Å². The molecule has 0 saturated carbocycles. The van der Waals surface area contributed by atoms with Crippen LogP contribution in [0.2, 0.25) is 5.02 Å². The molecule has 3 aromatic rings. The summed E-state index contributed by atoms with van der Waals surface area (Å²) in [4.78, 5) is 0. The molecule has 20 heavy (non-hydrogen) atoms. The summed E-state index contributed by atoms with van der Waals surface area (Å²) >= 11 is 5.84. The van der Waals surface area contributed by atoms with Gasteiger partial charge in [0.05, 0.1) is 0 Å². The average Bonchev–Trinajstić information content (AvgIpc) is 2.86. The Hall–Kier alpha value is -1.84. The lowest BCUT2D eigenvalue weighted by atomic mass is 10.1. The summed E-state index contributed by atoms with van der Waals surface area (Å²) in [5.74, 6) is -0.213. The van der Waals surface area contributed by atoms with Crippen LogP contribution in [0.15, 0.2) is 46.9 Å². The molecule has 1 heterocycles. The van der Waals surface area contributed by atoms with E-state index in [1.165, 1.54) is 18.2 Å². The lowest BCUT2D eigenvalue weighted by Gasteiger charge is -2.09. The van der Waals surface area contributed by atoms with E-state index in [9.17, 15) is 9.50 Å². The van der Waals surface area contributed by atoms with Crippen molar-refractivity contribution in [3.8, 4) is 0 Å². The minimum absolute atomic E-state index is 0.106. The highest BCUT2D eigenvalue weighted by molar-refractivity contribution is 6.30. The van der Waals surface area contributed by atoms with Gasteiger partial charge in [-0.25, -0.2) is 4.39 Å². The lowest BCUT2D eigenvalue weighted by molar-refractivity contribution is 0.187. The third-order valence-electron chi connectivity index (χ3n) is 3.28. The van der Waals surface area contributed by atoms with Crippen molar-refractivity contribution in [2.45, 2.75) is 13.0 Å². The van der Waals surface area contributed by atoms with Gasteiger partial charge in [0.1, 0.15) is 23.3 Å². The van der Waals surface area contributed by atoms with E-state index in [2.05, 4.69) is 0 Å². The van der Waals surface area contributed by atoms with Gasteiger partial charge in [-0.1, -0.05) is 29.8 Å². The predicted octanol–water partition coefficient (Wildman–Crippen LogP) is 4.62.